The van der Waals surface area contributed by atoms with Gasteiger partial charge in [-0.1, -0.05) is 13.8 Å². The Bertz CT molecular complexity index is 96.1. The molecule has 2 atom stereocenters. The van der Waals surface area contributed by atoms with Gasteiger partial charge in [-0.3, -0.25) is 0 Å². The lowest BCUT2D eigenvalue weighted by Crippen LogP contribution is -2.32. The van der Waals surface area contributed by atoms with Crippen molar-refractivity contribution < 1.29 is 5.11 Å². The Hall–Kier alpha value is 0.270. The maximum atomic E-state index is 8.91. The van der Waals surface area contributed by atoms with E-state index in [0.717, 1.165) is 5.75 Å². The number of aliphatic hydroxyl groups is 1. The van der Waals surface area contributed by atoms with Crippen molar-refractivity contribution in [1.29, 1.82) is 0 Å². The summed E-state index contributed by atoms with van der Waals surface area (Å²) in [5, 5.41) is 9.11. The molecule has 3 heteroatoms. The van der Waals surface area contributed by atoms with Gasteiger partial charge in [0.1, 0.15) is 0 Å². The van der Waals surface area contributed by atoms with Gasteiger partial charge in [-0.05, 0) is 18.6 Å². The maximum Gasteiger partial charge on any atom is 0.0564 e. The van der Waals surface area contributed by atoms with Crippen molar-refractivity contribution >= 4 is 11.8 Å². The lowest BCUT2D eigenvalue weighted by Gasteiger charge is -2.18. The van der Waals surface area contributed by atoms with Crippen LogP contribution in [0.2, 0.25) is 0 Å². The second-order valence-corrected chi connectivity index (χ2v) is 4.58. The first kappa shape index (κ1) is 11.3. The second kappa shape index (κ2) is 5.86. The minimum Gasteiger partial charge on any atom is -0.395 e. The Morgan fingerprint density at radius 2 is 1.91 bits per heavy atom. The van der Waals surface area contributed by atoms with Gasteiger partial charge < -0.3 is 10.8 Å². The first-order valence-electron chi connectivity index (χ1n) is 4.06. The van der Waals surface area contributed by atoms with E-state index in [9.17, 15) is 0 Å². The normalized spacial score (nSPS) is 16.9. The van der Waals surface area contributed by atoms with Crippen molar-refractivity contribution in [3.63, 3.8) is 0 Å². The van der Waals surface area contributed by atoms with Crippen LogP contribution in [0.25, 0.3) is 0 Å². The molecular formula is C8H19NOS. The molecule has 0 saturated heterocycles. The number of hydrogen-bond acceptors (Lipinski definition) is 3. The van der Waals surface area contributed by atoms with Gasteiger partial charge >= 0.3 is 0 Å². The van der Waals surface area contributed by atoms with Gasteiger partial charge in [-0.2, -0.15) is 11.8 Å². The van der Waals surface area contributed by atoms with Crippen LogP contribution in [0, 0.1) is 5.92 Å². The van der Waals surface area contributed by atoms with Crippen LogP contribution >= 0.6 is 11.8 Å². The van der Waals surface area contributed by atoms with Crippen molar-refractivity contribution in [2.75, 3.05) is 12.4 Å². The van der Waals surface area contributed by atoms with E-state index in [0.29, 0.717) is 5.92 Å². The van der Waals surface area contributed by atoms with Crippen molar-refractivity contribution in [2.24, 2.45) is 11.7 Å². The molecule has 0 aliphatic heterocycles. The van der Waals surface area contributed by atoms with Crippen LogP contribution in [0.5, 0.6) is 0 Å². The number of aliphatic hydroxyl groups excluding tert-OH is 1. The van der Waals surface area contributed by atoms with Crippen LogP contribution in [-0.4, -0.2) is 28.8 Å². The van der Waals surface area contributed by atoms with E-state index in [1.54, 1.807) is 11.8 Å². The summed E-state index contributed by atoms with van der Waals surface area (Å²) < 4.78 is 0. The molecular weight excluding hydrogens is 158 g/mol. The van der Waals surface area contributed by atoms with E-state index in [-0.39, 0.29) is 17.9 Å². The molecule has 0 saturated carbocycles. The lowest BCUT2D eigenvalue weighted by molar-refractivity contribution is 0.285. The molecule has 0 rings (SSSR count). The van der Waals surface area contributed by atoms with Gasteiger partial charge in [0.25, 0.3) is 0 Å². The average molecular weight is 177 g/mol. The molecule has 3 N–H and O–H groups in total. The molecule has 11 heavy (non-hydrogen) atoms. The molecule has 0 amide bonds. The summed E-state index contributed by atoms with van der Waals surface area (Å²) in [5.74, 6) is 1.75. The smallest absolute Gasteiger partial charge is 0.0564 e. The Morgan fingerprint density at radius 1 is 1.36 bits per heavy atom. The zero-order valence-corrected chi connectivity index (χ0v) is 8.40. The molecule has 0 bridgehead atoms. The summed E-state index contributed by atoms with van der Waals surface area (Å²) in [4.78, 5) is 0. The topological polar surface area (TPSA) is 46.2 Å². The zero-order chi connectivity index (χ0) is 8.85. The van der Waals surface area contributed by atoms with Gasteiger partial charge in [0, 0.05) is 11.3 Å². The highest BCUT2D eigenvalue weighted by Gasteiger charge is 2.12. The molecule has 2 unspecified atom stereocenters. The van der Waals surface area contributed by atoms with Gasteiger partial charge in [0.2, 0.25) is 0 Å². The fourth-order valence-corrected chi connectivity index (χ4v) is 1.73. The van der Waals surface area contributed by atoms with Gasteiger partial charge in [-0.25, -0.2) is 0 Å². The first-order chi connectivity index (χ1) is 5.07. The van der Waals surface area contributed by atoms with Gasteiger partial charge in [-0.15, -0.1) is 0 Å². The SMILES string of the molecule is CC(C)CSC(CO)C(C)N. The highest BCUT2D eigenvalue weighted by Crippen LogP contribution is 2.16. The largest absolute Gasteiger partial charge is 0.395 e. The molecule has 0 heterocycles. The summed E-state index contributed by atoms with van der Waals surface area (Å²) in [6.07, 6.45) is 0. The number of nitrogens with two attached hydrogens (primary N) is 1. The maximum absolute atomic E-state index is 8.91. The van der Waals surface area contributed by atoms with E-state index in [1.807, 2.05) is 6.92 Å². The molecule has 0 radical (unpaired) electrons. The van der Waals surface area contributed by atoms with Crippen molar-refractivity contribution in [1.82, 2.24) is 0 Å². The highest BCUT2D eigenvalue weighted by molar-refractivity contribution is 8.00. The minimum atomic E-state index is 0.0868. The van der Waals surface area contributed by atoms with Gasteiger partial charge in [0.15, 0.2) is 0 Å². The van der Waals surface area contributed by atoms with E-state index in [1.165, 1.54) is 0 Å². The van der Waals surface area contributed by atoms with Crippen molar-refractivity contribution in [3.8, 4) is 0 Å². The Kier molecular flexibility index (Phi) is 6.01. The molecule has 0 aromatic heterocycles. The molecule has 0 aromatic rings. The quantitative estimate of drug-likeness (QED) is 0.660. The summed E-state index contributed by atoms with van der Waals surface area (Å²) >= 11 is 1.76. The van der Waals surface area contributed by atoms with Crippen LogP contribution < -0.4 is 5.73 Å². The first-order valence-corrected chi connectivity index (χ1v) is 5.10. The molecule has 0 fully saturated rings. The van der Waals surface area contributed by atoms with Crippen LogP contribution in [0.15, 0.2) is 0 Å². The lowest BCUT2D eigenvalue weighted by atomic mass is 10.2. The average Bonchev–Trinajstić information content (AvgIpc) is 1.87. The summed E-state index contributed by atoms with van der Waals surface area (Å²) in [7, 11) is 0. The van der Waals surface area contributed by atoms with Gasteiger partial charge in [0.05, 0.1) is 6.61 Å². The summed E-state index contributed by atoms with van der Waals surface area (Å²) in [6, 6.07) is 0.0868. The van der Waals surface area contributed by atoms with E-state index < -0.39 is 0 Å². The molecule has 68 valence electrons. The van der Waals surface area contributed by atoms with Crippen molar-refractivity contribution in [2.45, 2.75) is 32.1 Å². The molecule has 0 aliphatic carbocycles. The second-order valence-electron chi connectivity index (χ2n) is 3.31. The highest BCUT2D eigenvalue weighted by atomic mass is 32.2. The minimum absolute atomic E-state index is 0.0868. The third kappa shape index (κ3) is 5.53. The van der Waals surface area contributed by atoms with Crippen LogP contribution in [0.1, 0.15) is 20.8 Å². The van der Waals surface area contributed by atoms with Crippen LogP contribution in [0.3, 0.4) is 0 Å². The van der Waals surface area contributed by atoms with E-state index >= 15 is 0 Å². The van der Waals surface area contributed by atoms with Crippen LogP contribution in [0.4, 0.5) is 0 Å². The number of thioether (sulfide) groups is 1. The summed E-state index contributed by atoms with van der Waals surface area (Å²) in [5.41, 5.74) is 5.65. The third-order valence-electron chi connectivity index (χ3n) is 1.41. The molecule has 0 aromatic carbocycles. The fourth-order valence-electron chi connectivity index (χ4n) is 0.687. The monoisotopic (exact) mass is 177 g/mol. The predicted octanol–water partition coefficient (Wildman–Crippen LogP) is 1.08. The fraction of sp³-hybridized carbons (Fsp3) is 1.00. The predicted molar refractivity (Wildman–Crippen MR) is 51.8 cm³/mol. The van der Waals surface area contributed by atoms with Crippen molar-refractivity contribution in [3.05, 3.63) is 0 Å². The molecule has 0 spiro atoms. The van der Waals surface area contributed by atoms with E-state index in [2.05, 4.69) is 13.8 Å². The Labute approximate surface area is 73.6 Å². The third-order valence-corrected chi connectivity index (χ3v) is 3.28. The molecule has 0 aliphatic rings. The Balaban J connectivity index is 3.52. The molecule has 2 nitrogen and oxygen atoms in total. The Morgan fingerprint density at radius 3 is 2.18 bits per heavy atom. The van der Waals surface area contributed by atoms with Crippen LogP contribution in [-0.2, 0) is 0 Å². The number of hydrogen-bond donors (Lipinski definition) is 2. The standard InChI is InChI=1S/C8H19NOS/c1-6(2)5-11-8(4-10)7(3)9/h6-8,10H,4-5,9H2,1-3H3. The zero-order valence-electron chi connectivity index (χ0n) is 7.58. The summed E-state index contributed by atoms with van der Waals surface area (Å²) in [6.45, 7) is 6.47. The van der Waals surface area contributed by atoms with E-state index in [4.69, 9.17) is 10.8 Å². The number of rotatable bonds is 5.